The van der Waals surface area contributed by atoms with Gasteiger partial charge in [0.05, 0.1) is 23.3 Å². The number of anilines is 1. The molecule has 0 heterocycles. The van der Waals surface area contributed by atoms with Crippen LogP contribution in [0.2, 0.25) is 0 Å². The number of hydrogen-bond acceptors (Lipinski definition) is 4. The lowest BCUT2D eigenvalue weighted by atomic mass is 10.2. The zero-order chi connectivity index (χ0) is 18.6. The lowest BCUT2D eigenvalue weighted by Gasteiger charge is -2.14. The van der Waals surface area contributed by atoms with Gasteiger partial charge in [0.25, 0.3) is 15.9 Å². The lowest BCUT2D eigenvalue weighted by Crippen LogP contribution is -2.30. The number of carbonyl (C=O) groups is 1. The van der Waals surface area contributed by atoms with Crippen LogP contribution in [0.4, 0.5) is 10.1 Å². The quantitative estimate of drug-likeness (QED) is 0.823. The van der Waals surface area contributed by atoms with Crippen LogP contribution in [-0.2, 0) is 10.0 Å². The highest BCUT2D eigenvalue weighted by Gasteiger charge is 2.21. The summed E-state index contributed by atoms with van der Waals surface area (Å²) in [6, 6.07) is 9.15. The molecule has 0 saturated heterocycles. The molecule has 6 nitrogen and oxygen atoms in total. The number of nitrogens with one attached hydrogen (secondary N) is 2. The number of hydrogen-bond donors (Lipinski definition) is 2. The molecule has 0 spiro atoms. The fraction of sp³-hybridized carbons (Fsp3) is 0.235. The van der Waals surface area contributed by atoms with Crippen LogP contribution in [0.25, 0.3) is 0 Å². The van der Waals surface area contributed by atoms with Crippen molar-refractivity contribution in [2.45, 2.75) is 24.8 Å². The Morgan fingerprint density at radius 2 is 1.84 bits per heavy atom. The summed E-state index contributed by atoms with van der Waals surface area (Å²) in [6.45, 7) is 3.56. The molecule has 0 aliphatic heterocycles. The SMILES string of the molecule is COc1ccc(S(=O)(=O)Nc2ccccc2F)cc1C(=O)NC(C)C. The average molecular weight is 366 g/mol. The van der Waals surface area contributed by atoms with Gasteiger partial charge in [-0.1, -0.05) is 12.1 Å². The van der Waals surface area contributed by atoms with Crippen LogP contribution in [0.1, 0.15) is 24.2 Å². The fourth-order valence-corrected chi connectivity index (χ4v) is 3.21. The Kier molecular flexibility index (Phi) is 5.63. The van der Waals surface area contributed by atoms with Gasteiger partial charge in [0.2, 0.25) is 0 Å². The van der Waals surface area contributed by atoms with Crippen molar-refractivity contribution >= 4 is 21.6 Å². The summed E-state index contributed by atoms with van der Waals surface area (Å²) >= 11 is 0. The topological polar surface area (TPSA) is 84.5 Å². The lowest BCUT2D eigenvalue weighted by molar-refractivity contribution is 0.0940. The number of ether oxygens (including phenoxy) is 1. The highest BCUT2D eigenvalue weighted by atomic mass is 32.2. The third-order valence-corrected chi connectivity index (χ3v) is 4.63. The number of sulfonamides is 1. The number of benzene rings is 2. The second-order valence-corrected chi connectivity index (χ2v) is 7.26. The van der Waals surface area contributed by atoms with Crippen LogP contribution in [0.15, 0.2) is 47.4 Å². The first-order valence-corrected chi connectivity index (χ1v) is 8.99. The standard InChI is InChI=1S/C17H19FN2O4S/c1-11(2)19-17(21)13-10-12(8-9-16(13)24-3)25(22,23)20-15-7-5-4-6-14(15)18/h4-11,20H,1-3H3,(H,19,21). The minimum Gasteiger partial charge on any atom is -0.496 e. The Hall–Kier alpha value is -2.61. The third-order valence-electron chi connectivity index (χ3n) is 3.26. The van der Waals surface area contributed by atoms with Crippen molar-refractivity contribution in [3.63, 3.8) is 0 Å². The first-order chi connectivity index (χ1) is 11.7. The molecule has 2 aromatic rings. The van der Waals surface area contributed by atoms with Crippen molar-refractivity contribution in [2.75, 3.05) is 11.8 Å². The predicted octanol–water partition coefficient (Wildman–Crippen LogP) is 2.77. The van der Waals surface area contributed by atoms with E-state index in [1.807, 2.05) is 0 Å². The number of rotatable bonds is 6. The fourth-order valence-electron chi connectivity index (χ4n) is 2.12. The van der Waals surface area contributed by atoms with E-state index in [0.717, 1.165) is 6.07 Å². The maximum absolute atomic E-state index is 13.7. The van der Waals surface area contributed by atoms with Gasteiger partial charge in [-0.05, 0) is 44.2 Å². The molecule has 2 N–H and O–H groups in total. The van der Waals surface area contributed by atoms with Crippen molar-refractivity contribution in [2.24, 2.45) is 0 Å². The highest BCUT2D eigenvalue weighted by molar-refractivity contribution is 7.92. The highest BCUT2D eigenvalue weighted by Crippen LogP contribution is 2.25. The van der Waals surface area contributed by atoms with Crippen molar-refractivity contribution in [3.8, 4) is 5.75 Å². The molecule has 0 atom stereocenters. The molecule has 0 fully saturated rings. The van der Waals surface area contributed by atoms with E-state index in [9.17, 15) is 17.6 Å². The van der Waals surface area contributed by atoms with E-state index in [1.165, 1.54) is 43.5 Å². The number of methoxy groups -OCH3 is 1. The Morgan fingerprint density at radius 3 is 2.44 bits per heavy atom. The molecule has 0 saturated carbocycles. The largest absolute Gasteiger partial charge is 0.496 e. The van der Waals surface area contributed by atoms with Crippen LogP contribution in [0, 0.1) is 5.82 Å². The van der Waals surface area contributed by atoms with E-state index in [0.29, 0.717) is 0 Å². The molecule has 0 radical (unpaired) electrons. The van der Waals surface area contributed by atoms with E-state index in [1.54, 1.807) is 13.8 Å². The molecule has 0 bridgehead atoms. The first kappa shape index (κ1) is 18.7. The molecule has 25 heavy (non-hydrogen) atoms. The summed E-state index contributed by atoms with van der Waals surface area (Å²) in [5, 5.41) is 2.68. The summed E-state index contributed by atoms with van der Waals surface area (Å²) in [4.78, 5) is 12.1. The molecule has 0 unspecified atom stereocenters. The van der Waals surface area contributed by atoms with E-state index in [4.69, 9.17) is 4.74 Å². The predicted molar refractivity (Wildman–Crippen MR) is 92.8 cm³/mol. The van der Waals surface area contributed by atoms with Crippen LogP contribution in [0.3, 0.4) is 0 Å². The van der Waals surface area contributed by atoms with Gasteiger partial charge in [0.1, 0.15) is 11.6 Å². The first-order valence-electron chi connectivity index (χ1n) is 7.51. The molecule has 134 valence electrons. The van der Waals surface area contributed by atoms with Crippen molar-refractivity contribution < 1.29 is 22.3 Å². The summed E-state index contributed by atoms with van der Waals surface area (Å²) in [5.41, 5.74) is -0.0980. The Morgan fingerprint density at radius 1 is 1.16 bits per heavy atom. The second kappa shape index (κ2) is 7.52. The van der Waals surface area contributed by atoms with Crippen molar-refractivity contribution in [1.82, 2.24) is 5.32 Å². The second-order valence-electron chi connectivity index (χ2n) is 5.58. The van der Waals surface area contributed by atoms with Gasteiger partial charge in [-0.25, -0.2) is 12.8 Å². The Labute approximate surface area is 146 Å². The van der Waals surface area contributed by atoms with Crippen LogP contribution in [0.5, 0.6) is 5.75 Å². The van der Waals surface area contributed by atoms with E-state index >= 15 is 0 Å². The summed E-state index contributed by atoms with van der Waals surface area (Å²) in [6.07, 6.45) is 0. The molecule has 2 rings (SSSR count). The number of carbonyl (C=O) groups excluding carboxylic acids is 1. The normalized spacial score (nSPS) is 11.2. The molecule has 1 amide bonds. The van der Waals surface area contributed by atoms with Gasteiger partial charge in [0.15, 0.2) is 0 Å². The van der Waals surface area contributed by atoms with Crippen LogP contribution < -0.4 is 14.8 Å². The van der Waals surface area contributed by atoms with Gasteiger partial charge < -0.3 is 10.1 Å². The average Bonchev–Trinajstić information content (AvgIpc) is 2.55. The zero-order valence-corrected chi connectivity index (χ0v) is 14.9. The Bertz CT molecular complexity index is 882. The minimum atomic E-state index is -4.07. The smallest absolute Gasteiger partial charge is 0.262 e. The van der Waals surface area contributed by atoms with Gasteiger partial charge >= 0.3 is 0 Å². The molecular weight excluding hydrogens is 347 g/mol. The summed E-state index contributed by atoms with van der Waals surface area (Å²) < 4.78 is 46.0. The third kappa shape index (κ3) is 4.48. The van der Waals surface area contributed by atoms with E-state index < -0.39 is 21.7 Å². The van der Waals surface area contributed by atoms with Gasteiger partial charge in [-0.2, -0.15) is 0 Å². The van der Waals surface area contributed by atoms with Crippen LogP contribution in [-0.4, -0.2) is 27.5 Å². The molecular formula is C17H19FN2O4S. The number of amides is 1. The van der Waals surface area contributed by atoms with Gasteiger partial charge in [-0.3, -0.25) is 9.52 Å². The van der Waals surface area contributed by atoms with Gasteiger partial charge in [-0.15, -0.1) is 0 Å². The molecule has 8 heteroatoms. The molecule has 2 aromatic carbocycles. The van der Waals surface area contributed by atoms with Crippen molar-refractivity contribution in [3.05, 3.63) is 53.8 Å². The summed E-state index contributed by atoms with van der Waals surface area (Å²) in [7, 11) is -2.69. The van der Waals surface area contributed by atoms with Crippen LogP contribution >= 0.6 is 0 Å². The number of para-hydroxylation sites is 1. The maximum Gasteiger partial charge on any atom is 0.262 e. The van der Waals surface area contributed by atoms with Crippen molar-refractivity contribution in [1.29, 1.82) is 0 Å². The molecule has 0 aliphatic carbocycles. The molecule has 0 aromatic heterocycles. The molecule has 0 aliphatic rings. The Balaban J connectivity index is 2.41. The van der Waals surface area contributed by atoms with E-state index in [-0.39, 0.29) is 27.9 Å². The minimum absolute atomic E-state index is 0.0765. The monoisotopic (exact) mass is 366 g/mol. The zero-order valence-electron chi connectivity index (χ0n) is 14.0. The van der Waals surface area contributed by atoms with E-state index in [2.05, 4.69) is 10.0 Å². The number of halogens is 1. The summed E-state index contributed by atoms with van der Waals surface area (Å²) in [5.74, 6) is -0.921. The van der Waals surface area contributed by atoms with Gasteiger partial charge in [0, 0.05) is 6.04 Å². The maximum atomic E-state index is 13.7.